The maximum Gasteiger partial charge on any atom is 0.308 e. The van der Waals surface area contributed by atoms with Crippen LogP contribution in [0.1, 0.15) is 16.2 Å². The zero-order valence-electron chi connectivity index (χ0n) is 14.6. The van der Waals surface area contributed by atoms with Crippen LogP contribution in [0.4, 0.5) is 0 Å². The van der Waals surface area contributed by atoms with Gasteiger partial charge in [-0.3, -0.25) is 4.79 Å². The van der Waals surface area contributed by atoms with Gasteiger partial charge in [-0.15, -0.1) is 10.2 Å². The Morgan fingerprint density at radius 3 is 2.54 bits per heavy atom. The maximum absolute atomic E-state index is 12.2. The van der Waals surface area contributed by atoms with Crippen LogP contribution in [0.5, 0.6) is 11.5 Å². The highest BCUT2D eigenvalue weighted by Crippen LogP contribution is 2.28. The molecule has 0 radical (unpaired) electrons. The lowest BCUT2D eigenvalue weighted by Gasteiger charge is -2.04. The van der Waals surface area contributed by atoms with Crippen molar-refractivity contribution < 1.29 is 18.7 Å². The molecule has 0 saturated carbocycles. The summed E-state index contributed by atoms with van der Waals surface area (Å²) in [7, 11) is 3.18. The topological polar surface area (TPSA) is 86.5 Å². The van der Waals surface area contributed by atoms with Crippen LogP contribution in [-0.2, 0) is 6.42 Å². The van der Waals surface area contributed by atoms with Crippen LogP contribution in [0.3, 0.4) is 0 Å². The first-order chi connectivity index (χ1) is 12.7. The first-order valence-corrected chi connectivity index (χ1v) is 8.09. The molecule has 0 bridgehead atoms. The summed E-state index contributed by atoms with van der Waals surface area (Å²) in [6, 6.07) is 14.9. The normalized spacial score (nSPS) is 10.4. The molecule has 134 valence electrons. The van der Waals surface area contributed by atoms with Gasteiger partial charge in [0.2, 0.25) is 0 Å². The summed E-state index contributed by atoms with van der Waals surface area (Å²) in [6.07, 6.45) is 0.684. The molecule has 1 amide bonds. The van der Waals surface area contributed by atoms with Gasteiger partial charge in [-0.25, -0.2) is 0 Å². The summed E-state index contributed by atoms with van der Waals surface area (Å²) >= 11 is 0. The van der Waals surface area contributed by atoms with Crippen LogP contribution < -0.4 is 14.8 Å². The molecule has 0 aliphatic rings. The van der Waals surface area contributed by atoms with Crippen molar-refractivity contribution in [3.8, 4) is 23.0 Å². The van der Waals surface area contributed by atoms with Crippen LogP contribution in [-0.4, -0.2) is 36.9 Å². The van der Waals surface area contributed by atoms with E-state index in [1.165, 1.54) is 0 Å². The van der Waals surface area contributed by atoms with Gasteiger partial charge in [0, 0.05) is 6.54 Å². The minimum Gasteiger partial charge on any atom is -0.497 e. The van der Waals surface area contributed by atoms with Crippen molar-refractivity contribution in [2.45, 2.75) is 6.42 Å². The highest BCUT2D eigenvalue weighted by atomic mass is 16.5. The van der Waals surface area contributed by atoms with Crippen molar-refractivity contribution in [1.29, 1.82) is 0 Å². The molecule has 0 atom stereocenters. The molecule has 2 aromatic carbocycles. The summed E-state index contributed by atoms with van der Waals surface area (Å²) < 4.78 is 15.9. The number of carbonyl (C=O) groups is 1. The molecular weight excluding hydrogens is 334 g/mol. The fourth-order valence-corrected chi connectivity index (χ4v) is 2.43. The number of methoxy groups -OCH3 is 2. The third kappa shape index (κ3) is 4.00. The van der Waals surface area contributed by atoms with Gasteiger partial charge in [-0.1, -0.05) is 24.3 Å². The van der Waals surface area contributed by atoms with Crippen molar-refractivity contribution in [2.75, 3.05) is 20.8 Å². The average Bonchev–Trinajstić information content (AvgIpc) is 3.18. The predicted octanol–water partition coefficient (Wildman–Crippen LogP) is 2.73. The zero-order chi connectivity index (χ0) is 18.4. The van der Waals surface area contributed by atoms with Gasteiger partial charge in [-0.05, 0) is 36.2 Å². The van der Waals surface area contributed by atoms with Gasteiger partial charge >= 0.3 is 11.8 Å². The Hall–Kier alpha value is -3.35. The third-order valence-corrected chi connectivity index (χ3v) is 3.81. The number of hydrogen-bond donors (Lipinski definition) is 1. The molecule has 0 saturated heterocycles. The quantitative estimate of drug-likeness (QED) is 0.703. The van der Waals surface area contributed by atoms with E-state index in [1.807, 2.05) is 36.4 Å². The molecule has 0 unspecified atom stereocenters. The lowest BCUT2D eigenvalue weighted by atomic mass is 10.1. The Bertz CT molecular complexity index is 875. The van der Waals surface area contributed by atoms with Gasteiger partial charge in [0.15, 0.2) is 0 Å². The Balaban J connectivity index is 1.59. The van der Waals surface area contributed by atoms with E-state index in [-0.39, 0.29) is 11.8 Å². The van der Waals surface area contributed by atoms with Crippen molar-refractivity contribution in [2.24, 2.45) is 0 Å². The molecule has 0 spiro atoms. The minimum atomic E-state index is -0.410. The van der Waals surface area contributed by atoms with E-state index >= 15 is 0 Å². The second-order valence-electron chi connectivity index (χ2n) is 5.47. The SMILES string of the molecule is COc1ccc(CCNC(=O)c2nnc(-c3ccccc3OC)o2)cc1. The average molecular weight is 353 g/mol. The number of hydrogen-bond acceptors (Lipinski definition) is 6. The lowest BCUT2D eigenvalue weighted by molar-refractivity contribution is 0.0920. The molecule has 3 rings (SSSR count). The number of aromatic nitrogens is 2. The number of rotatable bonds is 7. The molecular formula is C19H19N3O4. The van der Waals surface area contributed by atoms with Crippen LogP contribution in [0.25, 0.3) is 11.5 Å². The molecule has 1 aromatic heterocycles. The van der Waals surface area contributed by atoms with Gasteiger partial charge < -0.3 is 19.2 Å². The summed E-state index contributed by atoms with van der Waals surface area (Å²) in [5, 5.41) is 10.5. The first-order valence-electron chi connectivity index (χ1n) is 8.09. The van der Waals surface area contributed by atoms with Gasteiger partial charge in [0.05, 0.1) is 19.8 Å². The van der Waals surface area contributed by atoms with E-state index in [1.54, 1.807) is 26.4 Å². The standard InChI is InChI=1S/C19H19N3O4/c1-24-14-9-7-13(8-10-14)11-12-20-17(23)19-22-21-18(26-19)15-5-3-4-6-16(15)25-2/h3-10H,11-12H2,1-2H3,(H,20,23). The zero-order valence-corrected chi connectivity index (χ0v) is 14.6. The number of nitrogens with zero attached hydrogens (tertiary/aromatic N) is 2. The fraction of sp³-hybridized carbons (Fsp3) is 0.211. The largest absolute Gasteiger partial charge is 0.497 e. The number of nitrogens with one attached hydrogen (secondary N) is 1. The highest BCUT2D eigenvalue weighted by molar-refractivity contribution is 5.89. The van der Waals surface area contributed by atoms with E-state index < -0.39 is 5.91 Å². The number of amides is 1. The molecule has 0 fully saturated rings. The lowest BCUT2D eigenvalue weighted by Crippen LogP contribution is -2.26. The second kappa shape index (κ2) is 8.15. The van der Waals surface area contributed by atoms with Crippen molar-refractivity contribution >= 4 is 5.91 Å². The molecule has 7 nitrogen and oxygen atoms in total. The van der Waals surface area contributed by atoms with Crippen molar-refractivity contribution in [3.05, 3.63) is 60.0 Å². The Labute approximate surface area is 151 Å². The van der Waals surface area contributed by atoms with Crippen LogP contribution in [0.15, 0.2) is 52.9 Å². The van der Waals surface area contributed by atoms with Gasteiger partial charge in [-0.2, -0.15) is 0 Å². The summed E-state index contributed by atoms with van der Waals surface area (Å²) in [4.78, 5) is 12.2. The highest BCUT2D eigenvalue weighted by Gasteiger charge is 2.17. The second-order valence-corrected chi connectivity index (χ2v) is 5.47. The molecule has 3 aromatic rings. The molecule has 0 aliphatic carbocycles. The number of benzene rings is 2. The van der Waals surface area contributed by atoms with E-state index in [0.29, 0.717) is 24.3 Å². The van der Waals surface area contributed by atoms with E-state index in [9.17, 15) is 4.79 Å². The van der Waals surface area contributed by atoms with Crippen molar-refractivity contribution in [3.63, 3.8) is 0 Å². The Morgan fingerprint density at radius 2 is 1.81 bits per heavy atom. The van der Waals surface area contributed by atoms with E-state index in [0.717, 1.165) is 11.3 Å². The van der Waals surface area contributed by atoms with Gasteiger partial charge in [0.25, 0.3) is 5.89 Å². The number of carbonyl (C=O) groups excluding carboxylic acids is 1. The molecule has 26 heavy (non-hydrogen) atoms. The summed E-state index contributed by atoms with van der Waals surface area (Å²) in [5.41, 5.74) is 1.73. The molecule has 0 aliphatic heterocycles. The van der Waals surface area contributed by atoms with E-state index in [2.05, 4.69) is 15.5 Å². The smallest absolute Gasteiger partial charge is 0.308 e. The Morgan fingerprint density at radius 1 is 1.04 bits per heavy atom. The molecule has 7 heteroatoms. The number of ether oxygens (including phenoxy) is 2. The fourth-order valence-electron chi connectivity index (χ4n) is 2.43. The monoisotopic (exact) mass is 353 g/mol. The third-order valence-electron chi connectivity index (χ3n) is 3.81. The summed E-state index contributed by atoms with van der Waals surface area (Å²) in [6.45, 7) is 0.456. The molecule has 1 heterocycles. The van der Waals surface area contributed by atoms with Crippen LogP contribution >= 0.6 is 0 Å². The maximum atomic E-state index is 12.2. The van der Waals surface area contributed by atoms with Gasteiger partial charge in [0.1, 0.15) is 11.5 Å². The van der Waals surface area contributed by atoms with Crippen molar-refractivity contribution in [1.82, 2.24) is 15.5 Å². The summed E-state index contributed by atoms with van der Waals surface area (Å²) in [5.74, 6) is 1.14. The van der Waals surface area contributed by atoms with Crippen LogP contribution in [0, 0.1) is 0 Å². The minimum absolute atomic E-state index is 0.0827. The van der Waals surface area contributed by atoms with E-state index in [4.69, 9.17) is 13.9 Å². The van der Waals surface area contributed by atoms with Crippen LogP contribution in [0.2, 0.25) is 0 Å². The molecule has 1 N–H and O–H groups in total. The predicted molar refractivity (Wildman–Crippen MR) is 95.3 cm³/mol. The Kier molecular flexibility index (Phi) is 5.48. The first kappa shape index (κ1) is 17.5. The number of para-hydroxylation sites is 1.